The van der Waals surface area contributed by atoms with E-state index >= 15 is 0 Å². The summed E-state index contributed by atoms with van der Waals surface area (Å²) in [6.45, 7) is 2.16. The van der Waals surface area contributed by atoms with Crippen LogP contribution in [0.15, 0.2) is 24.3 Å². The van der Waals surface area contributed by atoms with Crippen LogP contribution >= 0.6 is 0 Å². The van der Waals surface area contributed by atoms with Gasteiger partial charge in [0, 0.05) is 0 Å². The van der Waals surface area contributed by atoms with Crippen LogP contribution in [0.4, 0.5) is 0 Å². The highest BCUT2D eigenvalue weighted by molar-refractivity contribution is 6.32. The van der Waals surface area contributed by atoms with Crippen molar-refractivity contribution in [1.82, 2.24) is 0 Å². The summed E-state index contributed by atoms with van der Waals surface area (Å²) < 4.78 is 0. The highest BCUT2D eigenvalue weighted by Crippen LogP contribution is 2.18. The molecule has 0 aromatic heterocycles. The first-order chi connectivity index (χ1) is 6.74. The Morgan fingerprint density at radius 1 is 1.21 bits per heavy atom. The van der Waals surface area contributed by atoms with Gasteiger partial charge in [0.2, 0.25) is 0 Å². The van der Waals surface area contributed by atoms with Gasteiger partial charge in [-0.1, -0.05) is 55.9 Å². The zero-order valence-corrected chi connectivity index (χ0v) is 8.74. The number of aliphatic hydroxyl groups excluding tert-OH is 1. The van der Waals surface area contributed by atoms with Crippen molar-refractivity contribution >= 4 is 13.3 Å². The molecule has 2 radical (unpaired) electrons. The molecule has 1 atom stereocenters. The largest absolute Gasteiger partial charge is 0.388 e. The molecule has 0 spiro atoms. The molecule has 0 bridgehead atoms. The van der Waals surface area contributed by atoms with Gasteiger partial charge in [-0.3, -0.25) is 0 Å². The minimum absolute atomic E-state index is 0.331. The molecule has 0 heterocycles. The van der Waals surface area contributed by atoms with E-state index in [9.17, 15) is 5.11 Å². The third kappa shape index (κ3) is 3.55. The molecular formula is C12H17BO. The monoisotopic (exact) mass is 188 g/mol. The first-order valence-corrected chi connectivity index (χ1v) is 5.27. The van der Waals surface area contributed by atoms with Crippen LogP contribution in [0.25, 0.3) is 0 Å². The van der Waals surface area contributed by atoms with Crippen molar-refractivity contribution in [3.63, 3.8) is 0 Å². The van der Waals surface area contributed by atoms with Gasteiger partial charge >= 0.3 is 0 Å². The highest BCUT2D eigenvalue weighted by atomic mass is 16.3. The molecule has 0 aliphatic rings. The molecule has 14 heavy (non-hydrogen) atoms. The Kier molecular flexibility index (Phi) is 4.74. The van der Waals surface area contributed by atoms with E-state index in [2.05, 4.69) is 6.92 Å². The summed E-state index contributed by atoms with van der Waals surface area (Å²) in [4.78, 5) is 0. The molecule has 0 fully saturated rings. The number of hydrogen-bond donors (Lipinski definition) is 1. The molecular weight excluding hydrogens is 171 g/mol. The van der Waals surface area contributed by atoms with Gasteiger partial charge in [-0.15, -0.1) is 0 Å². The lowest BCUT2D eigenvalue weighted by molar-refractivity contribution is 0.163. The van der Waals surface area contributed by atoms with E-state index in [1.807, 2.05) is 24.3 Å². The second-order valence-corrected chi connectivity index (χ2v) is 3.68. The molecule has 1 aromatic rings. The molecule has 1 aromatic carbocycles. The van der Waals surface area contributed by atoms with Crippen molar-refractivity contribution < 1.29 is 5.11 Å². The quantitative estimate of drug-likeness (QED) is 0.554. The van der Waals surface area contributed by atoms with Crippen LogP contribution in [0.1, 0.15) is 44.3 Å². The Labute approximate surface area is 87.6 Å². The zero-order chi connectivity index (χ0) is 10.4. The summed E-state index contributed by atoms with van der Waals surface area (Å²) in [6.07, 6.45) is 3.97. The lowest BCUT2D eigenvalue weighted by Gasteiger charge is -2.10. The first-order valence-electron chi connectivity index (χ1n) is 5.27. The van der Waals surface area contributed by atoms with Gasteiger partial charge in [0.05, 0.1) is 6.10 Å². The average molecular weight is 188 g/mol. The zero-order valence-electron chi connectivity index (χ0n) is 8.74. The van der Waals surface area contributed by atoms with Crippen LogP contribution in [0.3, 0.4) is 0 Å². The fourth-order valence-corrected chi connectivity index (χ4v) is 1.47. The number of hydrogen-bond acceptors (Lipinski definition) is 1. The first kappa shape index (κ1) is 11.3. The van der Waals surface area contributed by atoms with Crippen molar-refractivity contribution in [2.75, 3.05) is 0 Å². The van der Waals surface area contributed by atoms with Gasteiger partial charge in [-0.05, 0) is 12.0 Å². The van der Waals surface area contributed by atoms with E-state index in [0.717, 1.165) is 23.9 Å². The maximum atomic E-state index is 9.80. The Morgan fingerprint density at radius 2 is 1.86 bits per heavy atom. The molecule has 1 nitrogen and oxygen atoms in total. The molecule has 1 rings (SSSR count). The van der Waals surface area contributed by atoms with Crippen molar-refractivity contribution in [3.05, 3.63) is 29.8 Å². The molecule has 2 heteroatoms. The van der Waals surface area contributed by atoms with Crippen molar-refractivity contribution in [3.8, 4) is 0 Å². The van der Waals surface area contributed by atoms with E-state index in [0.29, 0.717) is 0 Å². The maximum absolute atomic E-state index is 9.80. The van der Waals surface area contributed by atoms with Crippen LogP contribution in [-0.2, 0) is 0 Å². The van der Waals surface area contributed by atoms with Crippen LogP contribution in [0, 0.1) is 0 Å². The minimum atomic E-state index is -0.331. The smallest absolute Gasteiger partial charge is 0.113 e. The van der Waals surface area contributed by atoms with Crippen molar-refractivity contribution in [2.24, 2.45) is 0 Å². The Morgan fingerprint density at radius 3 is 2.43 bits per heavy atom. The van der Waals surface area contributed by atoms with E-state index in [1.165, 1.54) is 12.8 Å². The average Bonchev–Trinajstić information content (AvgIpc) is 2.19. The highest BCUT2D eigenvalue weighted by Gasteiger charge is 2.05. The molecule has 1 N–H and O–H groups in total. The maximum Gasteiger partial charge on any atom is 0.113 e. The fourth-order valence-electron chi connectivity index (χ4n) is 1.47. The molecule has 1 unspecified atom stereocenters. The van der Waals surface area contributed by atoms with E-state index in [1.54, 1.807) is 0 Å². The fraction of sp³-hybridized carbons (Fsp3) is 0.500. The number of aliphatic hydroxyl groups is 1. The van der Waals surface area contributed by atoms with Crippen LogP contribution in [0.2, 0.25) is 0 Å². The summed E-state index contributed by atoms with van der Waals surface area (Å²) in [6, 6.07) is 7.45. The predicted molar refractivity (Wildman–Crippen MR) is 60.9 cm³/mol. The van der Waals surface area contributed by atoms with E-state index in [-0.39, 0.29) is 6.10 Å². The Hall–Kier alpha value is -0.755. The lowest BCUT2D eigenvalue weighted by Crippen LogP contribution is -2.03. The van der Waals surface area contributed by atoms with Gasteiger partial charge in [0.25, 0.3) is 0 Å². The molecule has 0 aliphatic carbocycles. The SMILES string of the molecule is [B]c1ccc(C(O)CCCCC)cc1. The summed E-state index contributed by atoms with van der Waals surface area (Å²) in [5, 5.41) is 9.80. The van der Waals surface area contributed by atoms with Gasteiger partial charge in [0.1, 0.15) is 7.85 Å². The van der Waals surface area contributed by atoms with E-state index in [4.69, 9.17) is 7.85 Å². The molecule has 0 aliphatic heterocycles. The van der Waals surface area contributed by atoms with Crippen LogP contribution < -0.4 is 5.46 Å². The summed E-state index contributed by atoms with van der Waals surface area (Å²) in [5.41, 5.74) is 1.71. The Balaban J connectivity index is 2.43. The number of rotatable bonds is 5. The lowest BCUT2D eigenvalue weighted by atomic mass is 9.93. The van der Waals surface area contributed by atoms with Gasteiger partial charge in [-0.25, -0.2) is 0 Å². The molecule has 0 amide bonds. The third-order valence-electron chi connectivity index (χ3n) is 2.40. The molecule has 0 saturated heterocycles. The van der Waals surface area contributed by atoms with Crippen molar-refractivity contribution in [2.45, 2.75) is 38.7 Å². The number of benzene rings is 1. The predicted octanol–water partition coefficient (Wildman–Crippen LogP) is 2.09. The summed E-state index contributed by atoms with van der Waals surface area (Å²) in [7, 11) is 5.57. The van der Waals surface area contributed by atoms with E-state index < -0.39 is 0 Å². The molecule has 0 saturated carbocycles. The van der Waals surface area contributed by atoms with Gasteiger partial charge in [-0.2, -0.15) is 0 Å². The second-order valence-electron chi connectivity index (χ2n) is 3.68. The summed E-state index contributed by atoms with van der Waals surface area (Å²) >= 11 is 0. The standard InChI is InChI=1S/C12H17BO/c1-2-3-4-5-12(14)10-6-8-11(13)9-7-10/h6-9,12,14H,2-5H2,1H3. The van der Waals surface area contributed by atoms with Gasteiger partial charge < -0.3 is 5.11 Å². The van der Waals surface area contributed by atoms with Gasteiger partial charge in [0.15, 0.2) is 0 Å². The third-order valence-corrected chi connectivity index (χ3v) is 2.40. The van der Waals surface area contributed by atoms with Crippen molar-refractivity contribution in [1.29, 1.82) is 0 Å². The molecule has 74 valence electrons. The number of unbranched alkanes of at least 4 members (excludes halogenated alkanes) is 2. The topological polar surface area (TPSA) is 20.2 Å². The minimum Gasteiger partial charge on any atom is -0.388 e. The summed E-state index contributed by atoms with van der Waals surface area (Å²) in [5.74, 6) is 0. The Bertz CT molecular complexity index is 256. The normalized spacial score (nSPS) is 12.7. The van der Waals surface area contributed by atoms with Crippen LogP contribution in [-0.4, -0.2) is 13.0 Å². The van der Waals surface area contributed by atoms with Crippen LogP contribution in [0.5, 0.6) is 0 Å². The second kappa shape index (κ2) is 5.87.